The van der Waals surface area contributed by atoms with E-state index in [2.05, 4.69) is 27.8 Å². The normalized spacial score (nSPS) is 10.9. The number of hydrogen-bond donors (Lipinski definition) is 1. The van der Waals surface area contributed by atoms with Gasteiger partial charge in [-0.3, -0.25) is 9.36 Å². The summed E-state index contributed by atoms with van der Waals surface area (Å²) in [6.07, 6.45) is 1.66. The van der Waals surface area contributed by atoms with Crippen molar-refractivity contribution in [3.63, 3.8) is 0 Å². The minimum absolute atomic E-state index is 0.431. The van der Waals surface area contributed by atoms with Crippen molar-refractivity contribution in [2.24, 2.45) is 5.73 Å². The maximum Gasteiger partial charge on any atom is 0.248 e. The molecule has 0 aliphatic heterocycles. The third-order valence-corrected chi connectivity index (χ3v) is 5.61. The highest BCUT2D eigenvalue weighted by Crippen LogP contribution is 2.29. The van der Waals surface area contributed by atoms with Gasteiger partial charge in [-0.1, -0.05) is 48.2 Å². The van der Waals surface area contributed by atoms with Gasteiger partial charge >= 0.3 is 0 Å². The molecule has 0 saturated carbocycles. The van der Waals surface area contributed by atoms with Gasteiger partial charge in [0.1, 0.15) is 5.76 Å². The third kappa shape index (κ3) is 4.25. The average Bonchev–Trinajstić information content (AvgIpc) is 3.38. The summed E-state index contributed by atoms with van der Waals surface area (Å²) in [5, 5.41) is 9.67. The van der Waals surface area contributed by atoms with Crippen LogP contribution in [0.25, 0.3) is 11.4 Å². The summed E-state index contributed by atoms with van der Waals surface area (Å²) < 4.78 is 7.61. The topological polar surface area (TPSA) is 86.9 Å². The monoisotopic (exact) mass is 404 g/mol. The number of primary amides is 1. The van der Waals surface area contributed by atoms with Crippen molar-refractivity contribution >= 4 is 17.7 Å². The first kappa shape index (κ1) is 19.0. The average molecular weight is 404 g/mol. The molecule has 1 amide bonds. The number of carbonyl (C=O) groups is 1. The smallest absolute Gasteiger partial charge is 0.248 e. The molecule has 0 bridgehead atoms. The molecule has 7 heteroatoms. The van der Waals surface area contributed by atoms with Gasteiger partial charge in [0.05, 0.1) is 12.8 Å². The lowest BCUT2D eigenvalue weighted by Crippen LogP contribution is -2.10. The molecule has 0 spiro atoms. The Kier molecular flexibility index (Phi) is 5.48. The highest BCUT2D eigenvalue weighted by Gasteiger charge is 2.17. The van der Waals surface area contributed by atoms with E-state index in [9.17, 15) is 4.79 Å². The van der Waals surface area contributed by atoms with Crippen molar-refractivity contribution in [3.05, 3.63) is 89.4 Å². The first-order valence-corrected chi connectivity index (χ1v) is 10.1. The lowest BCUT2D eigenvalue weighted by atomic mass is 10.1. The van der Waals surface area contributed by atoms with E-state index in [1.807, 2.05) is 48.5 Å². The van der Waals surface area contributed by atoms with E-state index in [1.165, 1.54) is 0 Å². The van der Waals surface area contributed by atoms with Gasteiger partial charge in [-0.25, -0.2) is 0 Å². The van der Waals surface area contributed by atoms with Crippen molar-refractivity contribution in [3.8, 4) is 11.4 Å². The van der Waals surface area contributed by atoms with Crippen LogP contribution in [0.4, 0.5) is 0 Å². The maximum atomic E-state index is 11.4. The highest BCUT2D eigenvalue weighted by molar-refractivity contribution is 7.98. The Hall–Kier alpha value is -3.32. The van der Waals surface area contributed by atoms with Crippen LogP contribution >= 0.6 is 11.8 Å². The van der Waals surface area contributed by atoms with Gasteiger partial charge in [0.15, 0.2) is 11.0 Å². The molecule has 0 aliphatic carbocycles. The largest absolute Gasteiger partial charge is 0.467 e. The third-order valence-electron chi connectivity index (χ3n) is 4.58. The molecule has 2 N–H and O–H groups in total. The fourth-order valence-corrected chi connectivity index (χ4v) is 3.96. The van der Waals surface area contributed by atoms with Gasteiger partial charge in [0.25, 0.3) is 0 Å². The predicted molar refractivity (Wildman–Crippen MR) is 113 cm³/mol. The number of aryl methyl sites for hydroxylation is 1. The van der Waals surface area contributed by atoms with Crippen LogP contribution in [0, 0.1) is 6.92 Å². The summed E-state index contributed by atoms with van der Waals surface area (Å²) in [4.78, 5) is 11.4. The highest BCUT2D eigenvalue weighted by atomic mass is 32.2. The predicted octanol–water partition coefficient (Wildman–Crippen LogP) is 4.29. The molecule has 0 fully saturated rings. The van der Waals surface area contributed by atoms with Crippen molar-refractivity contribution in [2.75, 3.05) is 0 Å². The Morgan fingerprint density at radius 2 is 1.97 bits per heavy atom. The van der Waals surface area contributed by atoms with E-state index in [0.717, 1.165) is 33.4 Å². The molecule has 2 aromatic heterocycles. The van der Waals surface area contributed by atoms with Gasteiger partial charge in [-0.2, -0.15) is 0 Å². The van der Waals surface area contributed by atoms with E-state index in [0.29, 0.717) is 17.9 Å². The number of thioether (sulfide) groups is 1. The van der Waals surface area contributed by atoms with Crippen LogP contribution in [0.1, 0.15) is 27.2 Å². The molecule has 0 aliphatic rings. The van der Waals surface area contributed by atoms with Crippen LogP contribution in [0.2, 0.25) is 0 Å². The number of nitrogens with two attached hydrogens (primary N) is 1. The van der Waals surface area contributed by atoms with Gasteiger partial charge in [-0.15, -0.1) is 10.2 Å². The zero-order valence-corrected chi connectivity index (χ0v) is 16.7. The Bertz CT molecular complexity index is 1140. The van der Waals surface area contributed by atoms with Crippen LogP contribution in [0.5, 0.6) is 0 Å². The maximum absolute atomic E-state index is 11.4. The van der Waals surface area contributed by atoms with Crippen molar-refractivity contribution in [2.45, 2.75) is 24.4 Å². The molecule has 2 heterocycles. The number of benzene rings is 2. The van der Waals surface area contributed by atoms with Crippen molar-refractivity contribution in [1.82, 2.24) is 14.8 Å². The number of carbonyl (C=O) groups excluding carboxylic acids is 1. The molecule has 2 aromatic carbocycles. The molecule has 29 heavy (non-hydrogen) atoms. The molecule has 6 nitrogen and oxygen atoms in total. The summed E-state index contributed by atoms with van der Waals surface area (Å²) in [5.74, 6) is 1.84. The minimum Gasteiger partial charge on any atom is -0.467 e. The van der Waals surface area contributed by atoms with E-state index in [1.54, 1.807) is 24.1 Å². The quantitative estimate of drug-likeness (QED) is 0.465. The molecule has 0 unspecified atom stereocenters. The van der Waals surface area contributed by atoms with Crippen LogP contribution in [0.3, 0.4) is 0 Å². The van der Waals surface area contributed by atoms with Crippen LogP contribution in [-0.4, -0.2) is 20.7 Å². The molecule has 4 rings (SSSR count). The molecule has 4 aromatic rings. The SMILES string of the molecule is Cc1ccccc1-c1nnc(SCc2cccc(C(N)=O)c2)n1Cc1ccco1. The summed E-state index contributed by atoms with van der Waals surface area (Å²) in [7, 11) is 0. The Morgan fingerprint density at radius 1 is 1.10 bits per heavy atom. The van der Waals surface area contributed by atoms with Gasteiger partial charge < -0.3 is 10.2 Å². The van der Waals surface area contributed by atoms with E-state index in [4.69, 9.17) is 10.2 Å². The number of nitrogens with zero attached hydrogens (tertiary/aromatic N) is 3. The number of hydrogen-bond acceptors (Lipinski definition) is 5. The summed E-state index contributed by atoms with van der Waals surface area (Å²) in [6.45, 7) is 2.59. The van der Waals surface area contributed by atoms with E-state index >= 15 is 0 Å². The van der Waals surface area contributed by atoms with E-state index in [-0.39, 0.29) is 0 Å². The minimum atomic E-state index is -0.431. The van der Waals surface area contributed by atoms with Gasteiger partial charge in [-0.05, 0) is 42.3 Å². The Morgan fingerprint density at radius 3 is 2.72 bits per heavy atom. The van der Waals surface area contributed by atoms with Crippen LogP contribution in [0.15, 0.2) is 76.5 Å². The molecular formula is C22H20N4O2S. The molecular weight excluding hydrogens is 384 g/mol. The lowest BCUT2D eigenvalue weighted by molar-refractivity contribution is 0.1000. The molecule has 0 radical (unpaired) electrons. The first-order valence-electron chi connectivity index (χ1n) is 9.15. The Balaban J connectivity index is 1.65. The zero-order valence-electron chi connectivity index (χ0n) is 15.9. The first-order chi connectivity index (χ1) is 14.1. The van der Waals surface area contributed by atoms with Crippen molar-refractivity contribution < 1.29 is 9.21 Å². The number of furan rings is 1. The second-order valence-corrected chi connectivity index (χ2v) is 7.58. The summed E-state index contributed by atoms with van der Waals surface area (Å²) >= 11 is 1.56. The fraction of sp³-hybridized carbons (Fsp3) is 0.136. The van der Waals surface area contributed by atoms with Gasteiger partial charge in [0.2, 0.25) is 5.91 Å². The molecule has 146 valence electrons. The second kappa shape index (κ2) is 8.36. The van der Waals surface area contributed by atoms with Crippen LogP contribution in [-0.2, 0) is 12.3 Å². The Labute approximate surface area is 172 Å². The zero-order chi connectivity index (χ0) is 20.2. The van der Waals surface area contributed by atoms with Crippen molar-refractivity contribution in [1.29, 1.82) is 0 Å². The summed E-state index contributed by atoms with van der Waals surface area (Å²) in [6, 6.07) is 19.2. The second-order valence-electron chi connectivity index (χ2n) is 6.64. The standard InChI is InChI=1S/C22H20N4O2S/c1-15-6-2-3-10-19(15)21-24-25-22(26(21)13-18-9-5-11-28-18)29-14-16-7-4-8-17(12-16)20(23)27/h2-12H,13-14H2,1H3,(H2,23,27). The molecule has 0 atom stereocenters. The summed E-state index contributed by atoms with van der Waals surface area (Å²) in [5.41, 5.74) is 9.05. The number of aromatic nitrogens is 3. The van der Waals surface area contributed by atoms with E-state index < -0.39 is 5.91 Å². The fourth-order valence-electron chi connectivity index (χ4n) is 3.08. The number of rotatable bonds is 7. The molecule has 0 saturated heterocycles. The van der Waals surface area contributed by atoms with Crippen LogP contribution < -0.4 is 5.73 Å². The van der Waals surface area contributed by atoms with Gasteiger partial charge in [0, 0.05) is 16.9 Å². The lowest BCUT2D eigenvalue weighted by Gasteiger charge is -2.10. The number of amides is 1.